The molecule has 0 radical (unpaired) electrons. The SMILES string of the molecule is C=C(/C=C\C=C/C)C[C@@H](CO)NC(=O)CNC(=O)CNC(=O)CCCN1C(=O)C=CC1=O. The van der Waals surface area contributed by atoms with E-state index in [0.29, 0.717) is 6.42 Å². The average Bonchev–Trinajstić information content (AvgIpc) is 3.08. The van der Waals surface area contributed by atoms with Crippen LogP contribution in [0.25, 0.3) is 0 Å². The number of imide groups is 1. The highest BCUT2D eigenvalue weighted by Crippen LogP contribution is 2.06. The second kappa shape index (κ2) is 14.5. The fourth-order valence-corrected chi connectivity index (χ4v) is 2.69. The van der Waals surface area contributed by atoms with E-state index in [1.54, 1.807) is 12.2 Å². The molecule has 174 valence electrons. The molecule has 0 saturated carbocycles. The normalized spacial score (nSPS) is 14.2. The van der Waals surface area contributed by atoms with E-state index in [0.717, 1.165) is 10.5 Å². The summed E-state index contributed by atoms with van der Waals surface area (Å²) in [6.45, 7) is 4.95. The van der Waals surface area contributed by atoms with E-state index in [4.69, 9.17) is 0 Å². The van der Waals surface area contributed by atoms with Gasteiger partial charge in [0.1, 0.15) is 0 Å². The number of allylic oxidation sites excluding steroid dienone is 4. The van der Waals surface area contributed by atoms with Gasteiger partial charge in [-0.3, -0.25) is 28.9 Å². The van der Waals surface area contributed by atoms with Gasteiger partial charge in [-0.05, 0) is 19.8 Å². The van der Waals surface area contributed by atoms with E-state index in [1.165, 1.54) is 12.2 Å². The summed E-state index contributed by atoms with van der Waals surface area (Å²) in [5, 5.41) is 16.8. The van der Waals surface area contributed by atoms with Crippen LogP contribution in [0.5, 0.6) is 0 Å². The van der Waals surface area contributed by atoms with Gasteiger partial charge in [0.15, 0.2) is 0 Å². The minimum atomic E-state index is -0.554. The largest absolute Gasteiger partial charge is 0.394 e. The van der Waals surface area contributed by atoms with Gasteiger partial charge in [-0.1, -0.05) is 36.5 Å². The molecule has 10 heteroatoms. The van der Waals surface area contributed by atoms with Crippen LogP contribution in [0.1, 0.15) is 26.2 Å². The highest BCUT2D eigenvalue weighted by atomic mass is 16.3. The number of hydrogen-bond acceptors (Lipinski definition) is 6. The van der Waals surface area contributed by atoms with Crippen LogP contribution in [0.2, 0.25) is 0 Å². The van der Waals surface area contributed by atoms with Gasteiger partial charge < -0.3 is 21.1 Å². The van der Waals surface area contributed by atoms with Crippen molar-refractivity contribution in [2.24, 2.45) is 0 Å². The molecule has 0 aromatic heterocycles. The maximum absolute atomic E-state index is 12.0. The maximum atomic E-state index is 12.0. The van der Waals surface area contributed by atoms with Crippen LogP contribution in [0.4, 0.5) is 0 Å². The van der Waals surface area contributed by atoms with E-state index < -0.39 is 35.6 Å². The number of rotatable bonds is 14. The van der Waals surface area contributed by atoms with Gasteiger partial charge in [0.2, 0.25) is 17.7 Å². The number of amides is 5. The number of hydrogen-bond donors (Lipinski definition) is 4. The van der Waals surface area contributed by atoms with E-state index in [9.17, 15) is 29.1 Å². The molecule has 4 N–H and O–H groups in total. The Hall–Kier alpha value is -3.53. The van der Waals surface area contributed by atoms with Crippen LogP contribution in [-0.4, -0.2) is 71.8 Å². The summed E-state index contributed by atoms with van der Waals surface area (Å²) in [4.78, 5) is 59.4. The van der Waals surface area contributed by atoms with Gasteiger partial charge in [-0.2, -0.15) is 0 Å². The van der Waals surface area contributed by atoms with Crippen molar-refractivity contribution in [1.29, 1.82) is 0 Å². The van der Waals surface area contributed by atoms with Crippen LogP contribution in [-0.2, 0) is 24.0 Å². The topological polar surface area (TPSA) is 145 Å². The summed E-state index contributed by atoms with van der Waals surface area (Å²) in [6, 6.07) is -0.536. The van der Waals surface area contributed by atoms with Gasteiger partial charge in [-0.15, -0.1) is 0 Å². The van der Waals surface area contributed by atoms with Crippen LogP contribution in [0.15, 0.2) is 48.6 Å². The summed E-state index contributed by atoms with van der Waals surface area (Å²) >= 11 is 0. The second-order valence-electron chi connectivity index (χ2n) is 7.01. The van der Waals surface area contributed by atoms with Crippen molar-refractivity contribution in [3.63, 3.8) is 0 Å². The van der Waals surface area contributed by atoms with Crippen molar-refractivity contribution in [3.8, 4) is 0 Å². The zero-order valence-corrected chi connectivity index (χ0v) is 18.1. The minimum Gasteiger partial charge on any atom is -0.394 e. The molecule has 1 atom stereocenters. The van der Waals surface area contributed by atoms with Crippen molar-refractivity contribution in [1.82, 2.24) is 20.9 Å². The lowest BCUT2D eigenvalue weighted by atomic mass is 10.1. The highest BCUT2D eigenvalue weighted by Gasteiger charge is 2.22. The number of aliphatic hydroxyl groups is 1. The predicted octanol–water partition coefficient (Wildman–Crippen LogP) is -0.520. The number of nitrogens with zero attached hydrogens (tertiary/aromatic N) is 1. The summed E-state index contributed by atoms with van der Waals surface area (Å²) in [5.41, 5.74) is 0.726. The predicted molar refractivity (Wildman–Crippen MR) is 118 cm³/mol. The van der Waals surface area contributed by atoms with E-state index in [2.05, 4.69) is 22.5 Å². The molecule has 1 aliphatic rings. The summed E-state index contributed by atoms with van der Waals surface area (Å²) in [5.74, 6) is -2.28. The molecule has 1 heterocycles. The van der Waals surface area contributed by atoms with Crippen LogP contribution in [0.3, 0.4) is 0 Å². The Kier molecular flexibility index (Phi) is 12.0. The molecule has 0 aromatic rings. The molecule has 0 aliphatic carbocycles. The van der Waals surface area contributed by atoms with Crippen LogP contribution >= 0.6 is 0 Å². The van der Waals surface area contributed by atoms with Gasteiger partial charge in [0, 0.05) is 25.1 Å². The molecule has 5 amide bonds. The van der Waals surface area contributed by atoms with Gasteiger partial charge in [0.25, 0.3) is 11.8 Å². The van der Waals surface area contributed by atoms with Crippen molar-refractivity contribution in [3.05, 3.63) is 48.6 Å². The first-order chi connectivity index (χ1) is 15.3. The molecule has 0 saturated heterocycles. The smallest absolute Gasteiger partial charge is 0.253 e. The third-order valence-electron chi connectivity index (χ3n) is 4.31. The quantitative estimate of drug-likeness (QED) is 0.209. The van der Waals surface area contributed by atoms with E-state index in [1.807, 2.05) is 19.1 Å². The lowest BCUT2D eigenvalue weighted by molar-refractivity contribution is -0.137. The molecule has 0 fully saturated rings. The average molecular weight is 447 g/mol. The van der Waals surface area contributed by atoms with Gasteiger partial charge >= 0.3 is 0 Å². The molecular weight excluding hydrogens is 416 g/mol. The first-order valence-electron chi connectivity index (χ1n) is 10.2. The van der Waals surface area contributed by atoms with Crippen molar-refractivity contribution in [2.75, 3.05) is 26.2 Å². The second-order valence-corrected chi connectivity index (χ2v) is 7.01. The molecule has 0 spiro atoms. The van der Waals surface area contributed by atoms with Gasteiger partial charge in [0.05, 0.1) is 25.7 Å². The minimum absolute atomic E-state index is 0.0371. The molecule has 1 aliphatic heterocycles. The summed E-state index contributed by atoms with van der Waals surface area (Å²) in [7, 11) is 0. The Bertz CT molecular complexity index is 797. The van der Waals surface area contributed by atoms with E-state index in [-0.39, 0.29) is 39.1 Å². The van der Waals surface area contributed by atoms with Crippen molar-refractivity contribution >= 4 is 29.5 Å². The molecule has 1 rings (SSSR count). The van der Waals surface area contributed by atoms with Crippen molar-refractivity contribution < 1.29 is 29.1 Å². The first-order valence-corrected chi connectivity index (χ1v) is 10.2. The standard InChI is InChI=1S/C22H30N4O6/c1-3-4-5-7-16(2)12-17(15-27)25-20(30)14-24-19(29)13-23-18(28)8-6-11-26-21(31)9-10-22(26)32/h3-5,7,9-10,17,27H,2,6,8,11-15H2,1H3,(H,23,28)(H,24,29)(H,25,30)/b4-3-,7-5-/t17-/m0/s1. The first kappa shape index (κ1) is 26.5. The third-order valence-corrected chi connectivity index (χ3v) is 4.31. The van der Waals surface area contributed by atoms with E-state index >= 15 is 0 Å². The molecule has 32 heavy (non-hydrogen) atoms. The molecule has 0 bridgehead atoms. The Morgan fingerprint density at radius 3 is 2.31 bits per heavy atom. The fraction of sp³-hybridized carbons (Fsp3) is 0.409. The Morgan fingerprint density at radius 1 is 1.06 bits per heavy atom. The Balaban J connectivity index is 2.22. The lowest BCUT2D eigenvalue weighted by Gasteiger charge is -2.16. The molecule has 0 unspecified atom stereocenters. The Morgan fingerprint density at radius 2 is 1.69 bits per heavy atom. The zero-order valence-electron chi connectivity index (χ0n) is 18.1. The monoisotopic (exact) mass is 446 g/mol. The Labute approximate surface area is 187 Å². The number of carbonyl (C=O) groups excluding carboxylic acids is 5. The lowest BCUT2D eigenvalue weighted by Crippen LogP contribution is -2.45. The van der Waals surface area contributed by atoms with Crippen LogP contribution in [0, 0.1) is 0 Å². The highest BCUT2D eigenvalue weighted by molar-refractivity contribution is 6.12. The maximum Gasteiger partial charge on any atom is 0.253 e. The van der Waals surface area contributed by atoms with Gasteiger partial charge in [-0.25, -0.2) is 0 Å². The number of aliphatic hydroxyl groups excluding tert-OH is 1. The number of nitrogens with one attached hydrogen (secondary N) is 3. The number of carbonyl (C=O) groups is 5. The fourth-order valence-electron chi connectivity index (χ4n) is 2.69. The summed E-state index contributed by atoms with van der Waals surface area (Å²) in [6.07, 6.45) is 10.3. The third kappa shape index (κ3) is 10.5. The summed E-state index contributed by atoms with van der Waals surface area (Å²) < 4.78 is 0. The zero-order chi connectivity index (χ0) is 23.9. The molecule has 0 aromatic carbocycles. The van der Waals surface area contributed by atoms with Crippen molar-refractivity contribution in [2.45, 2.75) is 32.2 Å². The molecule has 10 nitrogen and oxygen atoms in total. The van der Waals surface area contributed by atoms with Crippen LogP contribution < -0.4 is 16.0 Å². The molecular formula is C22H30N4O6.